The minimum atomic E-state index is -1.01. The molecule has 2 aromatic rings. The number of hydrogen-bond acceptors (Lipinski definition) is 5. The zero-order valence-corrected chi connectivity index (χ0v) is 10.7. The highest BCUT2D eigenvalue weighted by atomic mass is 16.5. The number of rotatable bonds is 5. The summed E-state index contributed by atoms with van der Waals surface area (Å²) in [6, 6.07) is 5.75. The van der Waals surface area contributed by atoms with Gasteiger partial charge in [0.2, 0.25) is 11.7 Å². The van der Waals surface area contributed by atoms with Gasteiger partial charge in [-0.05, 0) is 37.1 Å². The second-order valence-corrected chi connectivity index (χ2v) is 4.21. The monoisotopic (exact) mass is 262 g/mol. The second-order valence-electron chi connectivity index (χ2n) is 4.21. The van der Waals surface area contributed by atoms with Crippen molar-refractivity contribution in [1.82, 2.24) is 10.1 Å². The van der Waals surface area contributed by atoms with Crippen LogP contribution in [-0.4, -0.2) is 21.2 Å². The molecule has 0 unspecified atom stereocenters. The van der Waals surface area contributed by atoms with Gasteiger partial charge in [0.15, 0.2) is 6.61 Å². The summed E-state index contributed by atoms with van der Waals surface area (Å²) in [6.07, 6.45) is -0.281. The first kappa shape index (κ1) is 13.1. The van der Waals surface area contributed by atoms with Crippen molar-refractivity contribution in [3.05, 3.63) is 41.0 Å². The molecular formula is C13H14N2O4. The Morgan fingerprint density at radius 1 is 1.37 bits per heavy atom. The largest absolute Gasteiger partial charge is 0.485 e. The Bertz CT molecular complexity index is 592. The van der Waals surface area contributed by atoms with Gasteiger partial charge in [-0.1, -0.05) is 11.2 Å². The van der Waals surface area contributed by atoms with Crippen LogP contribution in [0, 0.1) is 13.8 Å². The average molecular weight is 262 g/mol. The fourth-order valence-electron chi connectivity index (χ4n) is 1.50. The fourth-order valence-corrected chi connectivity index (χ4v) is 1.50. The first-order chi connectivity index (χ1) is 9.04. The van der Waals surface area contributed by atoms with E-state index in [1.165, 1.54) is 5.56 Å². The number of aliphatic carboxylic acids is 1. The molecule has 0 aliphatic rings. The third-order valence-corrected chi connectivity index (χ3v) is 2.66. The van der Waals surface area contributed by atoms with Gasteiger partial charge in [-0.2, -0.15) is 4.98 Å². The standard InChI is InChI=1S/C13H14N2O4/c1-8-3-4-10(5-9(8)2)18-7-11-14-12(19-15-11)6-13(16)17/h3-5H,6-7H2,1-2H3,(H,16,17). The Kier molecular flexibility index (Phi) is 3.79. The Labute approximate surface area is 110 Å². The maximum atomic E-state index is 10.5. The van der Waals surface area contributed by atoms with Crippen LogP contribution in [0.2, 0.25) is 0 Å². The Morgan fingerprint density at radius 3 is 2.84 bits per heavy atom. The molecule has 0 bridgehead atoms. The van der Waals surface area contributed by atoms with Crippen LogP contribution in [-0.2, 0) is 17.8 Å². The summed E-state index contributed by atoms with van der Waals surface area (Å²) in [5.41, 5.74) is 2.33. The molecule has 0 atom stereocenters. The molecule has 0 amide bonds. The van der Waals surface area contributed by atoms with Gasteiger partial charge in [0, 0.05) is 0 Å². The number of aromatic nitrogens is 2. The molecule has 1 N–H and O–H groups in total. The van der Waals surface area contributed by atoms with E-state index in [4.69, 9.17) is 14.4 Å². The molecule has 6 nitrogen and oxygen atoms in total. The molecule has 0 spiro atoms. The highest BCUT2D eigenvalue weighted by Gasteiger charge is 2.10. The summed E-state index contributed by atoms with van der Waals surface area (Å²) in [7, 11) is 0. The number of ether oxygens (including phenoxy) is 1. The van der Waals surface area contributed by atoms with E-state index >= 15 is 0 Å². The van der Waals surface area contributed by atoms with E-state index < -0.39 is 5.97 Å². The molecule has 6 heteroatoms. The lowest BCUT2D eigenvalue weighted by Gasteiger charge is -2.05. The third kappa shape index (κ3) is 3.54. The SMILES string of the molecule is Cc1ccc(OCc2noc(CC(=O)O)n2)cc1C. The topological polar surface area (TPSA) is 85.5 Å². The molecule has 0 fully saturated rings. The van der Waals surface area contributed by atoms with Crippen LogP contribution in [0.25, 0.3) is 0 Å². The number of benzene rings is 1. The van der Waals surface area contributed by atoms with Gasteiger partial charge in [-0.3, -0.25) is 4.79 Å². The van der Waals surface area contributed by atoms with Crippen LogP contribution in [0.5, 0.6) is 5.75 Å². The number of carbonyl (C=O) groups is 1. The maximum absolute atomic E-state index is 10.5. The minimum Gasteiger partial charge on any atom is -0.485 e. The zero-order chi connectivity index (χ0) is 13.8. The van der Waals surface area contributed by atoms with Gasteiger partial charge >= 0.3 is 5.97 Å². The van der Waals surface area contributed by atoms with Crippen LogP contribution in [0.15, 0.2) is 22.7 Å². The average Bonchev–Trinajstić information content (AvgIpc) is 2.77. The van der Waals surface area contributed by atoms with Gasteiger partial charge in [-0.15, -0.1) is 0 Å². The number of hydrogen-bond donors (Lipinski definition) is 1. The normalized spacial score (nSPS) is 10.4. The first-order valence-electron chi connectivity index (χ1n) is 5.78. The van der Waals surface area contributed by atoms with E-state index in [1.54, 1.807) is 0 Å². The van der Waals surface area contributed by atoms with Crippen molar-refractivity contribution in [2.75, 3.05) is 0 Å². The van der Waals surface area contributed by atoms with Crippen LogP contribution < -0.4 is 4.74 Å². The van der Waals surface area contributed by atoms with Crippen LogP contribution in [0.3, 0.4) is 0 Å². The molecule has 0 aliphatic heterocycles. The predicted molar refractivity (Wildman–Crippen MR) is 65.9 cm³/mol. The Morgan fingerprint density at radius 2 is 2.16 bits per heavy atom. The lowest BCUT2D eigenvalue weighted by molar-refractivity contribution is -0.136. The summed E-state index contributed by atoms with van der Waals surface area (Å²) in [5.74, 6) is 0.110. The van der Waals surface area contributed by atoms with Crippen molar-refractivity contribution in [3.63, 3.8) is 0 Å². The minimum absolute atomic E-state index is 0.0752. The molecule has 1 aromatic carbocycles. The van der Waals surface area contributed by atoms with Gasteiger partial charge in [-0.25, -0.2) is 0 Å². The number of carboxylic acids is 1. The molecule has 19 heavy (non-hydrogen) atoms. The van der Waals surface area contributed by atoms with Gasteiger partial charge in [0.1, 0.15) is 12.2 Å². The van der Waals surface area contributed by atoms with E-state index in [-0.39, 0.29) is 18.9 Å². The van der Waals surface area contributed by atoms with Gasteiger partial charge < -0.3 is 14.4 Å². The van der Waals surface area contributed by atoms with Crippen molar-refractivity contribution in [3.8, 4) is 5.75 Å². The van der Waals surface area contributed by atoms with E-state index in [2.05, 4.69) is 10.1 Å². The summed E-state index contributed by atoms with van der Waals surface area (Å²) in [4.78, 5) is 14.4. The summed E-state index contributed by atoms with van der Waals surface area (Å²) in [5, 5.41) is 12.2. The van der Waals surface area contributed by atoms with E-state index in [0.29, 0.717) is 11.6 Å². The molecule has 0 radical (unpaired) electrons. The number of carboxylic acid groups (broad SMARTS) is 1. The molecular weight excluding hydrogens is 248 g/mol. The van der Waals surface area contributed by atoms with Gasteiger partial charge in [0.05, 0.1) is 0 Å². The molecule has 100 valence electrons. The third-order valence-electron chi connectivity index (χ3n) is 2.66. The highest BCUT2D eigenvalue weighted by Crippen LogP contribution is 2.17. The molecule has 2 rings (SSSR count). The Balaban J connectivity index is 1.96. The second kappa shape index (κ2) is 5.51. The lowest BCUT2D eigenvalue weighted by atomic mass is 10.1. The number of nitrogens with zero attached hydrogens (tertiary/aromatic N) is 2. The van der Waals surface area contributed by atoms with Crippen molar-refractivity contribution >= 4 is 5.97 Å². The highest BCUT2D eigenvalue weighted by molar-refractivity contribution is 5.68. The van der Waals surface area contributed by atoms with Crippen LogP contribution in [0.1, 0.15) is 22.8 Å². The van der Waals surface area contributed by atoms with E-state index in [9.17, 15) is 4.79 Å². The van der Waals surface area contributed by atoms with E-state index in [0.717, 1.165) is 5.56 Å². The van der Waals surface area contributed by atoms with Crippen molar-refractivity contribution < 1.29 is 19.2 Å². The lowest BCUT2D eigenvalue weighted by Crippen LogP contribution is -2.01. The predicted octanol–water partition coefficient (Wildman–Crippen LogP) is 1.89. The smallest absolute Gasteiger partial charge is 0.312 e. The van der Waals surface area contributed by atoms with Gasteiger partial charge in [0.25, 0.3) is 0 Å². The van der Waals surface area contributed by atoms with Crippen LogP contribution in [0.4, 0.5) is 0 Å². The Hall–Kier alpha value is -2.37. The first-order valence-corrected chi connectivity index (χ1v) is 5.78. The summed E-state index contributed by atoms with van der Waals surface area (Å²) >= 11 is 0. The quantitative estimate of drug-likeness (QED) is 0.885. The van der Waals surface area contributed by atoms with Crippen molar-refractivity contribution in [1.29, 1.82) is 0 Å². The summed E-state index contributed by atoms with van der Waals surface area (Å²) in [6.45, 7) is 4.17. The number of aryl methyl sites for hydroxylation is 2. The molecule has 0 saturated heterocycles. The van der Waals surface area contributed by atoms with E-state index in [1.807, 2.05) is 32.0 Å². The molecule has 0 aliphatic carbocycles. The zero-order valence-electron chi connectivity index (χ0n) is 10.7. The molecule has 1 aromatic heterocycles. The van der Waals surface area contributed by atoms with Crippen molar-refractivity contribution in [2.45, 2.75) is 26.9 Å². The maximum Gasteiger partial charge on any atom is 0.312 e. The molecule has 0 saturated carbocycles. The van der Waals surface area contributed by atoms with Crippen molar-refractivity contribution in [2.24, 2.45) is 0 Å². The van der Waals surface area contributed by atoms with Crippen LogP contribution >= 0.6 is 0 Å². The molecule has 1 heterocycles. The summed E-state index contributed by atoms with van der Waals surface area (Å²) < 4.78 is 10.3. The fraction of sp³-hybridized carbons (Fsp3) is 0.308.